The van der Waals surface area contributed by atoms with Crippen LogP contribution in [-0.2, 0) is 6.54 Å². The predicted molar refractivity (Wildman–Crippen MR) is 72.5 cm³/mol. The van der Waals surface area contributed by atoms with Crippen LogP contribution in [0.4, 0.5) is 4.39 Å². The minimum Gasteiger partial charge on any atom is -0.338 e. The Labute approximate surface area is 116 Å². The fourth-order valence-corrected chi connectivity index (χ4v) is 2.32. The Bertz CT molecular complexity index is 564. The second-order valence-electron chi connectivity index (χ2n) is 4.87. The van der Waals surface area contributed by atoms with E-state index in [2.05, 4.69) is 20.4 Å². The topological polar surface area (TPSA) is 54.2 Å². The van der Waals surface area contributed by atoms with E-state index in [-0.39, 0.29) is 5.82 Å². The molecule has 2 aromatic rings. The third kappa shape index (κ3) is 3.02. The highest BCUT2D eigenvalue weighted by molar-refractivity contribution is 5.54. The Kier molecular flexibility index (Phi) is 4.03. The molecule has 0 atom stereocenters. The molecule has 1 saturated heterocycles. The summed E-state index contributed by atoms with van der Waals surface area (Å²) in [6, 6.07) is 6.45. The molecule has 0 unspecified atom stereocenters. The number of hydrogen-bond acceptors (Lipinski definition) is 5. The largest absolute Gasteiger partial charge is 0.338 e. The second-order valence-corrected chi connectivity index (χ2v) is 4.87. The molecule has 0 aliphatic carbocycles. The van der Waals surface area contributed by atoms with Crippen molar-refractivity contribution in [3.8, 4) is 11.4 Å². The molecule has 6 heteroatoms. The lowest BCUT2D eigenvalue weighted by Gasteiger charge is -2.16. The Balaban J connectivity index is 1.72. The molecule has 0 amide bonds. The zero-order valence-corrected chi connectivity index (χ0v) is 11.2. The summed E-state index contributed by atoms with van der Waals surface area (Å²) in [6.45, 7) is 4.58. The van der Waals surface area contributed by atoms with E-state index in [1.807, 2.05) is 0 Å². The molecule has 0 bridgehead atoms. The fraction of sp³-hybridized carbons (Fsp3) is 0.429. The van der Waals surface area contributed by atoms with Crippen LogP contribution in [0, 0.1) is 5.82 Å². The van der Waals surface area contributed by atoms with Crippen LogP contribution < -0.4 is 5.32 Å². The number of hydrogen-bond donors (Lipinski definition) is 1. The van der Waals surface area contributed by atoms with Gasteiger partial charge in [-0.05, 0) is 31.6 Å². The van der Waals surface area contributed by atoms with Crippen molar-refractivity contribution in [3.63, 3.8) is 0 Å². The minimum absolute atomic E-state index is 0.311. The van der Waals surface area contributed by atoms with Gasteiger partial charge in [0.1, 0.15) is 5.82 Å². The van der Waals surface area contributed by atoms with E-state index in [4.69, 9.17) is 4.52 Å². The standard InChI is InChI=1S/C14H17FN4O/c15-12-5-2-1-4-11(12)14-17-13(20-18-14)10-19-8-3-6-16-7-9-19/h1-2,4-5,16H,3,6-10H2. The van der Waals surface area contributed by atoms with Gasteiger partial charge in [-0.15, -0.1) is 0 Å². The maximum Gasteiger partial charge on any atom is 0.241 e. The first-order chi connectivity index (χ1) is 9.83. The van der Waals surface area contributed by atoms with E-state index < -0.39 is 0 Å². The normalized spacial score (nSPS) is 17.1. The Morgan fingerprint density at radius 1 is 1.25 bits per heavy atom. The molecule has 1 aliphatic rings. The minimum atomic E-state index is -0.334. The van der Waals surface area contributed by atoms with Crippen molar-refractivity contribution in [2.45, 2.75) is 13.0 Å². The zero-order chi connectivity index (χ0) is 13.8. The van der Waals surface area contributed by atoms with Gasteiger partial charge in [0.15, 0.2) is 0 Å². The molecule has 0 radical (unpaired) electrons. The van der Waals surface area contributed by atoms with Gasteiger partial charge in [0.05, 0.1) is 12.1 Å². The summed E-state index contributed by atoms with van der Waals surface area (Å²) in [4.78, 5) is 6.55. The van der Waals surface area contributed by atoms with Crippen LogP contribution in [0.2, 0.25) is 0 Å². The van der Waals surface area contributed by atoms with Crippen molar-refractivity contribution in [1.29, 1.82) is 0 Å². The summed E-state index contributed by atoms with van der Waals surface area (Å²) in [5.41, 5.74) is 0.375. The fourth-order valence-electron chi connectivity index (χ4n) is 2.32. The first-order valence-electron chi connectivity index (χ1n) is 6.83. The third-order valence-electron chi connectivity index (χ3n) is 3.37. The highest BCUT2D eigenvalue weighted by Crippen LogP contribution is 2.19. The van der Waals surface area contributed by atoms with Gasteiger partial charge in [-0.3, -0.25) is 4.90 Å². The summed E-state index contributed by atoms with van der Waals surface area (Å²) >= 11 is 0. The maximum atomic E-state index is 13.7. The second kappa shape index (κ2) is 6.11. The smallest absolute Gasteiger partial charge is 0.241 e. The van der Waals surface area contributed by atoms with Crippen LogP contribution in [0.1, 0.15) is 12.3 Å². The average Bonchev–Trinajstić information content (AvgIpc) is 2.75. The lowest BCUT2D eigenvalue weighted by Crippen LogP contribution is -2.27. The maximum absolute atomic E-state index is 13.7. The summed E-state index contributed by atoms with van der Waals surface area (Å²) in [5, 5.41) is 7.21. The van der Waals surface area contributed by atoms with Crippen molar-refractivity contribution in [2.75, 3.05) is 26.2 Å². The van der Waals surface area contributed by atoms with Crippen molar-refractivity contribution in [2.24, 2.45) is 0 Å². The molecule has 1 N–H and O–H groups in total. The number of nitrogens with zero attached hydrogens (tertiary/aromatic N) is 3. The zero-order valence-electron chi connectivity index (χ0n) is 11.2. The van der Waals surface area contributed by atoms with Crippen LogP contribution in [0.15, 0.2) is 28.8 Å². The molecule has 2 heterocycles. The summed E-state index contributed by atoms with van der Waals surface area (Å²) in [7, 11) is 0. The van der Waals surface area contributed by atoms with Crippen LogP contribution >= 0.6 is 0 Å². The Morgan fingerprint density at radius 3 is 3.05 bits per heavy atom. The molecule has 1 aliphatic heterocycles. The van der Waals surface area contributed by atoms with Crippen molar-refractivity contribution >= 4 is 0 Å². The molecule has 20 heavy (non-hydrogen) atoms. The molecule has 5 nitrogen and oxygen atoms in total. The molecule has 1 aromatic carbocycles. The van der Waals surface area contributed by atoms with Crippen LogP contribution in [0.5, 0.6) is 0 Å². The number of rotatable bonds is 3. The lowest BCUT2D eigenvalue weighted by molar-refractivity contribution is 0.239. The number of aromatic nitrogens is 2. The summed E-state index contributed by atoms with van der Waals surface area (Å²) in [6.07, 6.45) is 1.11. The van der Waals surface area contributed by atoms with E-state index >= 15 is 0 Å². The lowest BCUT2D eigenvalue weighted by atomic mass is 10.2. The predicted octanol–water partition coefficient (Wildman–Crippen LogP) is 1.67. The monoisotopic (exact) mass is 276 g/mol. The van der Waals surface area contributed by atoms with Gasteiger partial charge < -0.3 is 9.84 Å². The first-order valence-corrected chi connectivity index (χ1v) is 6.83. The van der Waals surface area contributed by atoms with Gasteiger partial charge in [0, 0.05) is 13.1 Å². The van der Waals surface area contributed by atoms with E-state index in [1.54, 1.807) is 18.2 Å². The SMILES string of the molecule is Fc1ccccc1-c1noc(CN2CCCNCC2)n1. The average molecular weight is 276 g/mol. The Morgan fingerprint density at radius 2 is 2.15 bits per heavy atom. The van der Waals surface area contributed by atoms with E-state index in [9.17, 15) is 4.39 Å². The molecule has 3 rings (SSSR count). The van der Waals surface area contributed by atoms with Gasteiger partial charge >= 0.3 is 0 Å². The van der Waals surface area contributed by atoms with Crippen molar-refractivity contribution in [3.05, 3.63) is 36.0 Å². The van der Waals surface area contributed by atoms with Crippen molar-refractivity contribution < 1.29 is 8.91 Å². The molecule has 0 spiro atoms. The molecular formula is C14H17FN4O. The molecular weight excluding hydrogens is 259 g/mol. The van der Waals surface area contributed by atoms with Gasteiger partial charge in [0.25, 0.3) is 0 Å². The van der Waals surface area contributed by atoms with Crippen LogP contribution in [0.3, 0.4) is 0 Å². The summed E-state index contributed by atoms with van der Waals surface area (Å²) in [5.74, 6) is 0.509. The molecule has 1 aromatic heterocycles. The van der Waals surface area contributed by atoms with E-state index in [1.165, 1.54) is 6.07 Å². The van der Waals surface area contributed by atoms with Crippen molar-refractivity contribution in [1.82, 2.24) is 20.4 Å². The number of nitrogens with one attached hydrogen (secondary N) is 1. The van der Waals surface area contributed by atoms with Crippen LogP contribution in [0.25, 0.3) is 11.4 Å². The third-order valence-corrected chi connectivity index (χ3v) is 3.37. The van der Waals surface area contributed by atoms with Gasteiger partial charge in [-0.2, -0.15) is 4.98 Å². The van der Waals surface area contributed by atoms with E-state index in [0.29, 0.717) is 23.8 Å². The number of halogens is 1. The highest BCUT2D eigenvalue weighted by Gasteiger charge is 2.15. The highest BCUT2D eigenvalue weighted by atomic mass is 19.1. The quantitative estimate of drug-likeness (QED) is 0.924. The number of benzene rings is 1. The van der Waals surface area contributed by atoms with Gasteiger partial charge in [-0.25, -0.2) is 4.39 Å². The van der Waals surface area contributed by atoms with Crippen LogP contribution in [-0.4, -0.2) is 41.2 Å². The van der Waals surface area contributed by atoms with Gasteiger partial charge in [-0.1, -0.05) is 17.3 Å². The molecule has 0 saturated carbocycles. The summed E-state index contributed by atoms with van der Waals surface area (Å²) < 4.78 is 18.9. The Hall–Kier alpha value is -1.79. The first kappa shape index (κ1) is 13.2. The van der Waals surface area contributed by atoms with E-state index in [0.717, 1.165) is 32.6 Å². The van der Waals surface area contributed by atoms with Gasteiger partial charge in [0.2, 0.25) is 11.7 Å². The molecule has 106 valence electrons. The molecule has 1 fully saturated rings.